The Hall–Kier alpha value is -2.30. The molecule has 1 amide bonds. The van der Waals surface area contributed by atoms with Gasteiger partial charge in [0.2, 0.25) is 5.91 Å². The van der Waals surface area contributed by atoms with Crippen molar-refractivity contribution in [1.29, 1.82) is 0 Å². The van der Waals surface area contributed by atoms with Gasteiger partial charge in [-0.25, -0.2) is 13.4 Å². The summed E-state index contributed by atoms with van der Waals surface area (Å²) in [6.45, 7) is 6.48. The zero-order valence-electron chi connectivity index (χ0n) is 21.0. The average Bonchev–Trinajstić information content (AvgIpc) is 3.51. The van der Waals surface area contributed by atoms with Crippen molar-refractivity contribution in [3.05, 3.63) is 42.2 Å². The van der Waals surface area contributed by atoms with Gasteiger partial charge >= 0.3 is 0 Å². The minimum atomic E-state index is -3.28. The fourth-order valence-electron chi connectivity index (χ4n) is 5.53. The molecule has 0 aliphatic carbocycles. The lowest BCUT2D eigenvalue weighted by Gasteiger charge is -2.38. The smallest absolute Gasteiger partial charge is 0.225 e. The first-order valence-electron chi connectivity index (χ1n) is 12.8. The second kappa shape index (κ2) is 10.6. The van der Waals surface area contributed by atoms with Crippen LogP contribution in [0.3, 0.4) is 0 Å². The molecule has 0 atom stereocenters. The number of rotatable bonds is 7. The van der Waals surface area contributed by atoms with E-state index in [4.69, 9.17) is 4.98 Å². The summed E-state index contributed by atoms with van der Waals surface area (Å²) in [5.74, 6) is 1.33. The van der Waals surface area contributed by atoms with Gasteiger partial charge in [0.05, 0.1) is 15.9 Å². The molecule has 0 radical (unpaired) electrons. The van der Waals surface area contributed by atoms with Crippen molar-refractivity contribution in [2.75, 3.05) is 38.2 Å². The number of aromatic amines is 1. The first kappa shape index (κ1) is 25.4. The quantitative estimate of drug-likeness (QED) is 0.466. The minimum Gasteiger partial charge on any atom is -0.367 e. The fraction of sp³-hybridized carbons (Fsp3) is 0.538. The predicted octanol–water partition coefficient (Wildman–Crippen LogP) is 3.96. The molecule has 4 heterocycles. The van der Waals surface area contributed by atoms with E-state index in [1.54, 1.807) is 23.9 Å². The summed E-state index contributed by atoms with van der Waals surface area (Å²) >= 11 is 1.68. The summed E-state index contributed by atoms with van der Waals surface area (Å²) in [6.07, 6.45) is 8.85. The van der Waals surface area contributed by atoms with E-state index in [1.165, 1.54) is 11.8 Å². The molecule has 1 N–H and O–H groups in total. The number of amides is 1. The number of aromatic nitrogens is 3. The molecule has 10 heteroatoms. The van der Waals surface area contributed by atoms with E-state index in [9.17, 15) is 13.2 Å². The molecule has 0 spiro atoms. The second-order valence-corrected chi connectivity index (χ2v) is 13.2. The molecule has 2 aliphatic rings. The normalized spacial score (nSPS) is 18.8. The molecule has 1 aromatic carbocycles. The molecule has 194 valence electrons. The molecule has 5 rings (SSSR count). The van der Waals surface area contributed by atoms with E-state index >= 15 is 0 Å². The lowest BCUT2D eigenvalue weighted by molar-refractivity contribution is -0.138. The molecule has 36 heavy (non-hydrogen) atoms. The van der Waals surface area contributed by atoms with Crippen LogP contribution in [0.25, 0.3) is 11.0 Å². The number of sulfone groups is 1. The van der Waals surface area contributed by atoms with Gasteiger partial charge in [-0.2, -0.15) is 0 Å². The summed E-state index contributed by atoms with van der Waals surface area (Å²) in [5, 5.41) is 0.928. The van der Waals surface area contributed by atoms with E-state index in [0.717, 1.165) is 80.3 Å². The van der Waals surface area contributed by atoms with Crippen LogP contribution in [0.5, 0.6) is 0 Å². The number of carbonyl (C=O) groups is 1. The molecule has 2 aromatic heterocycles. The minimum absolute atomic E-state index is 0.124. The van der Waals surface area contributed by atoms with E-state index in [-0.39, 0.29) is 12.0 Å². The van der Waals surface area contributed by atoms with Crippen molar-refractivity contribution >= 4 is 38.5 Å². The predicted molar refractivity (Wildman–Crippen MR) is 143 cm³/mol. The third-order valence-corrected chi connectivity index (χ3v) is 9.42. The third-order valence-electron chi connectivity index (χ3n) is 7.48. The number of H-pyrrole nitrogens is 1. The van der Waals surface area contributed by atoms with Gasteiger partial charge in [0.15, 0.2) is 15.0 Å². The van der Waals surface area contributed by atoms with Crippen LogP contribution in [0, 0.1) is 5.92 Å². The van der Waals surface area contributed by atoms with Gasteiger partial charge in [-0.05, 0) is 74.4 Å². The van der Waals surface area contributed by atoms with Gasteiger partial charge in [-0.1, -0.05) is 18.7 Å². The maximum absolute atomic E-state index is 13.3. The number of thioether (sulfide) groups is 1. The summed E-state index contributed by atoms with van der Waals surface area (Å²) in [4.78, 5) is 26.0. The Labute approximate surface area is 217 Å². The lowest BCUT2D eigenvalue weighted by Crippen LogP contribution is -2.45. The van der Waals surface area contributed by atoms with E-state index in [2.05, 4.69) is 32.3 Å². The largest absolute Gasteiger partial charge is 0.367 e. The van der Waals surface area contributed by atoms with E-state index < -0.39 is 9.84 Å². The second-order valence-electron chi connectivity index (χ2n) is 9.95. The van der Waals surface area contributed by atoms with E-state index in [1.807, 2.05) is 18.5 Å². The molecule has 0 unspecified atom stereocenters. The summed E-state index contributed by atoms with van der Waals surface area (Å²) in [6, 6.07) is 7.61. The number of imidazole rings is 1. The number of benzene rings is 1. The van der Waals surface area contributed by atoms with Gasteiger partial charge in [0, 0.05) is 50.2 Å². The number of likely N-dealkylation sites (tertiary alicyclic amines) is 2. The molecule has 2 fully saturated rings. The summed E-state index contributed by atoms with van der Waals surface area (Å²) in [5.41, 5.74) is 2.98. The Balaban J connectivity index is 1.23. The third kappa shape index (κ3) is 5.35. The Kier molecular flexibility index (Phi) is 7.46. The highest BCUT2D eigenvalue weighted by Gasteiger charge is 2.32. The van der Waals surface area contributed by atoms with Crippen molar-refractivity contribution in [2.24, 2.45) is 5.92 Å². The van der Waals surface area contributed by atoms with Crippen LogP contribution in [-0.2, 0) is 21.2 Å². The Bertz CT molecular complexity index is 1300. The number of hydrogen-bond acceptors (Lipinski definition) is 6. The van der Waals surface area contributed by atoms with Crippen LogP contribution < -0.4 is 0 Å². The first-order chi connectivity index (χ1) is 17.3. The van der Waals surface area contributed by atoms with Crippen molar-refractivity contribution < 1.29 is 13.2 Å². The number of nitrogens with zero attached hydrogens (tertiary/aromatic N) is 4. The number of hydrogen-bond donors (Lipinski definition) is 1. The van der Waals surface area contributed by atoms with Gasteiger partial charge in [-0.15, -0.1) is 0 Å². The maximum Gasteiger partial charge on any atom is 0.225 e. The lowest BCUT2D eigenvalue weighted by atomic mass is 9.93. The number of fused-ring (bicyclic) bond motifs is 1. The van der Waals surface area contributed by atoms with Crippen LogP contribution in [0.4, 0.5) is 0 Å². The van der Waals surface area contributed by atoms with Gasteiger partial charge < -0.3 is 14.5 Å². The van der Waals surface area contributed by atoms with Crippen LogP contribution in [0.2, 0.25) is 0 Å². The molecule has 0 bridgehead atoms. The van der Waals surface area contributed by atoms with Gasteiger partial charge in [0.25, 0.3) is 0 Å². The van der Waals surface area contributed by atoms with Crippen molar-refractivity contribution in [1.82, 2.24) is 24.3 Å². The molecule has 8 nitrogen and oxygen atoms in total. The van der Waals surface area contributed by atoms with Crippen LogP contribution in [0.1, 0.15) is 44.2 Å². The monoisotopic (exact) mass is 529 g/mol. The molecule has 0 saturated carbocycles. The average molecular weight is 530 g/mol. The molecule has 2 aliphatic heterocycles. The first-order valence-corrected chi connectivity index (χ1v) is 15.7. The molecular weight excluding hydrogens is 494 g/mol. The molecular formula is C26H35N5O3S2. The Morgan fingerprint density at radius 1 is 1.11 bits per heavy atom. The molecule has 2 saturated heterocycles. The number of carbonyl (C=O) groups excluding carboxylic acids is 1. The van der Waals surface area contributed by atoms with Crippen LogP contribution >= 0.6 is 11.8 Å². The zero-order chi connectivity index (χ0) is 25.3. The van der Waals surface area contributed by atoms with Crippen LogP contribution in [0.15, 0.2) is 46.7 Å². The highest BCUT2D eigenvalue weighted by Crippen LogP contribution is 2.34. The maximum atomic E-state index is 13.3. The van der Waals surface area contributed by atoms with Gasteiger partial charge in [0.1, 0.15) is 0 Å². The topological polar surface area (TPSA) is 91.3 Å². The van der Waals surface area contributed by atoms with Crippen molar-refractivity contribution in [3.8, 4) is 0 Å². The van der Waals surface area contributed by atoms with Gasteiger partial charge in [-0.3, -0.25) is 9.69 Å². The SMILES string of the molecule is CCSc1nc2cc(S(C)(=O)=O)ccc2n1C1CCN(C(=O)C2CCN(Cc3cc[nH]c3)CC2)CC1. The highest BCUT2D eigenvalue weighted by atomic mass is 32.2. The Morgan fingerprint density at radius 3 is 2.50 bits per heavy atom. The van der Waals surface area contributed by atoms with Crippen LogP contribution in [-0.4, -0.2) is 76.8 Å². The standard InChI is InChI=1S/C26H35N5O3S2/c1-3-35-26-28-23-16-22(36(2,33)34)4-5-24(23)31(26)21-9-14-30(15-10-21)25(32)20-7-12-29(13-8-20)18-19-6-11-27-17-19/h4-6,11,16-17,20-21,27H,3,7-10,12-15,18H2,1-2H3. The number of piperidine rings is 2. The summed E-state index contributed by atoms with van der Waals surface area (Å²) in [7, 11) is -3.28. The van der Waals surface area contributed by atoms with Crippen molar-refractivity contribution in [2.45, 2.75) is 55.2 Å². The molecule has 3 aromatic rings. The Morgan fingerprint density at radius 2 is 1.86 bits per heavy atom. The number of nitrogens with one attached hydrogen (secondary N) is 1. The van der Waals surface area contributed by atoms with E-state index in [0.29, 0.717) is 10.8 Å². The zero-order valence-corrected chi connectivity index (χ0v) is 22.7. The highest BCUT2D eigenvalue weighted by molar-refractivity contribution is 7.99. The van der Waals surface area contributed by atoms with Crippen molar-refractivity contribution in [3.63, 3.8) is 0 Å². The fourth-order valence-corrected chi connectivity index (χ4v) is 6.98. The summed E-state index contributed by atoms with van der Waals surface area (Å²) < 4.78 is 26.3.